The largest absolute Gasteiger partial charge is 0.480 e. The standard InChI is InChI=1S/C13H23NO2/c1-3-10-6-4-7-11(10)14-9-5-8-13(14,2)12(15)16/h10-11H,3-9H2,1-2H3,(H,15,16). The van der Waals surface area contributed by atoms with Gasteiger partial charge in [0.25, 0.3) is 0 Å². The molecule has 2 aliphatic rings. The number of carboxylic acids is 1. The number of hydrogen-bond donors (Lipinski definition) is 1. The molecule has 3 atom stereocenters. The Labute approximate surface area is 97.8 Å². The number of nitrogens with zero attached hydrogens (tertiary/aromatic N) is 1. The molecule has 1 aliphatic carbocycles. The Hall–Kier alpha value is -0.570. The summed E-state index contributed by atoms with van der Waals surface area (Å²) in [5.74, 6) is 0.0866. The molecule has 3 nitrogen and oxygen atoms in total. The summed E-state index contributed by atoms with van der Waals surface area (Å²) in [6.07, 6.45) is 6.80. The zero-order valence-corrected chi connectivity index (χ0v) is 10.4. The van der Waals surface area contributed by atoms with Crippen LogP contribution in [0.25, 0.3) is 0 Å². The van der Waals surface area contributed by atoms with E-state index in [1.807, 2.05) is 6.92 Å². The van der Waals surface area contributed by atoms with Crippen LogP contribution in [0.2, 0.25) is 0 Å². The van der Waals surface area contributed by atoms with Crippen LogP contribution in [-0.4, -0.2) is 34.1 Å². The van der Waals surface area contributed by atoms with Crippen molar-refractivity contribution in [1.82, 2.24) is 4.90 Å². The molecule has 92 valence electrons. The quantitative estimate of drug-likeness (QED) is 0.802. The van der Waals surface area contributed by atoms with Gasteiger partial charge in [0.2, 0.25) is 0 Å². The number of likely N-dealkylation sites (tertiary alicyclic amines) is 1. The molecule has 2 rings (SSSR count). The molecule has 1 heterocycles. The van der Waals surface area contributed by atoms with Crippen molar-refractivity contribution >= 4 is 5.97 Å². The van der Waals surface area contributed by atoms with Gasteiger partial charge in [0.1, 0.15) is 5.54 Å². The molecule has 0 aromatic carbocycles. The van der Waals surface area contributed by atoms with Gasteiger partial charge < -0.3 is 5.11 Å². The van der Waals surface area contributed by atoms with Gasteiger partial charge in [0.15, 0.2) is 0 Å². The average molecular weight is 225 g/mol. The van der Waals surface area contributed by atoms with Crippen molar-refractivity contribution < 1.29 is 9.90 Å². The predicted molar refractivity (Wildman–Crippen MR) is 63.4 cm³/mol. The Bertz CT molecular complexity index is 279. The second-order valence-corrected chi connectivity index (χ2v) is 5.54. The SMILES string of the molecule is CCC1CCCC1N1CCCC1(C)C(=O)O. The van der Waals surface area contributed by atoms with E-state index in [1.54, 1.807) is 0 Å². The van der Waals surface area contributed by atoms with Crippen LogP contribution in [0.15, 0.2) is 0 Å². The first kappa shape index (κ1) is 11.9. The molecule has 1 saturated carbocycles. The lowest BCUT2D eigenvalue weighted by molar-refractivity contribution is -0.150. The maximum Gasteiger partial charge on any atom is 0.323 e. The lowest BCUT2D eigenvalue weighted by Gasteiger charge is -2.38. The number of hydrogen-bond acceptors (Lipinski definition) is 2. The normalized spacial score (nSPS) is 40.4. The first-order valence-corrected chi connectivity index (χ1v) is 6.59. The zero-order valence-electron chi connectivity index (χ0n) is 10.4. The highest BCUT2D eigenvalue weighted by atomic mass is 16.4. The van der Waals surface area contributed by atoms with Crippen molar-refractivity contribution in [3.8, 4) is 0 Å². The van der Waals surface area contributed by atoms with Crippen LogP contribution < -0.4 is 0 Å². The van der Waals surface area contributed by atoms with Crippen LogP contribution in [0, 0.1) is 5.92 Å². The van der Waals surface area contributed by atoms with E-state index >= 15 is 0 Å². The number of aliphatic carboxylic acids is 1. The van der Waals surface area contributed by atoms with E-state index in [1.165, 1.54) is 25.7 Å². The van der Waals surface area contributed by atoms with E-state index in [4.69, 9.17) is 0 Å². The fourth-order valence-electron chi connectivity index (χ4n) is 3.65. The third-order valence-corrected chi connectivity index (χ3v) is 4.70. The van der Waals surface area contributed by atoms with Gasteiger partial charge in [-0.1, -0.05) is 19.8 Å². The Balaban J connectivity index is 2.16. The van der Waals surface area contributed by atoms with Gasteiger partial charge in [-0.3, -0.25) is 9.69 Å². The van der Waals surface area contributed by atoms with E-state index in [0.29, 0.717) is 6.04 Å². The molecule has 0 aromatic heterocycles. The van der Waals surface area contributed by atoms with Crippen molar-refractivity contribution in [2.75, 3.05) is 6.54 Å². The summed E-state index contributed by atoms with van der Waals surface area (Å²) in [6.45, 7) is 5.12. The van der Waals surface area contributed by atoms with Gasteiger partial charge in [-0.05, 0) is 45.1 Å². The van der Waals surface area contributed by atoms with E-state index in [2.05, 4.69) is 11.8 Å². The summed E-state index contributed by atoms with van der Waals surface area (Å²) < 4.78 is 0. The summed E-state index contributed by atoms with van der Waals surface area (Å²) in [7, 11) is 0. The second-order valence-electron chi connectivity index (χ2n) is 5.54. The fourth-order valence-corrected chi connectivity index (χ4v) is 3.65. The summed E-state index contributed by atoms with van der Waals surface area (Å²) in [5.41, 5.74) is -0.595. The molecular formula is C13H23NO2. The van der Waals surface area contributed by atoms with Crippen LogP contribution in [0.3, 0.4) is 0 Å². The van der Waals surface area contributed by atoms with Crippen molar-refractivity contribution in [3.05, 3.63) is 0 Å². The Morgan fingerprint density at radius 3 is 2.81 bits per heavy atom. The molecule has 0 bridgehead atoms. The summed E-state index contributed by atoms with van der Waals surface area (Å²) in [5, 5.41) is 9.42. The molecular weight excluding hydrogens is 202 g/mol. The predicted octanol–water partition coefficient (Wildman–Crippen LogP) is 2.50. The molecule has 3 unspecified atom stereocenters. The minimum atomic E-state index is -0.633. The van der Waals surface area contributed by atoms with Gasteiger partial charge >= 0.3 is 5.97 Å². The van der Waals surface area contributed by atoms with Crippen LogP contribution in [0.5, 0.6) is 0 Å². The van der Waals surface area contributed by atoms with E-state index in [9.17, 15) is 9.90 Å². The second kappa shape index (κ2) is 4.36. The van der Waals surface area contributed by atoms with Crippen molar-refractivity contribution in [3.63, 3.8) is 0 Å². The van der Waals surface area contributed by atoms with Crippen molar-refractivity contribution in [2.45, 2.75) is 64.0 Å². The number of rotatable bonds is 3. The molecule has 1 N–H and O–H groups in total. The first-order chi connectivity index (χ1) is 7.59. The summed E-state index contributed by atoms with van der Waals surface area (Å²) >= 11 is 0. The van der Waals surface area contributed by atoms with Crippen LogP contribution in [0.1, 0.15) is 52.4 Å². The highest BCUT2D eigenvalue weighted by molar-refractivity contribution is 5.78. The van der Waals surface area contributed by atoms with E-state index in [0.717, 1.165) is 25.3 Å². The van der Waals surface area contributed by atoms with Crippen LogP contribution in [0.4, 0.5) is 0 Å². The first-order valence-electron chi connectivity index (χ1n) is 6.59. The molecule has 1 saturated heterocycles. The zero-order chi connectivity index (χ0) is 11.8. The van der Waals surface area contributed by atoms with Gasteiger partial charge in [-0.15, -0.1) is 0 Å². The van der Waals surface area contributed by atoms with Gasteiger partial charge in [0, 0.05) is 6.04 Å². The third-order valence-electron chi connectivity index (χ3n) is 4.70. The molecule has 3 heteroatoms. The molecule has 0 aromatic rings. The van der Waals surface area contributed by atoms with Gasteiger partial charge in [-0.25, -0.2) is 0 Å². The summed E-state index contributed by atoms with van der Waals surface area (Å²) in [6, 6.07) is 0.522. The average Bonchev–Trinajstić information content (AvgIpc) is 2.83. The topological polar surface area (TPSA) is 40.5 Å². The molecule has 0 spiro atoms. The monoisotopic (exact) mass is 225 g/mol. The van der Waals surface area contributed by atoms with E-state index in [-0.39, 0.29) is 0 Å². The lowest BCUT2D eigenvalue weighted by atomic mass is 9.93. The summed E-state index contributed by atoms with van der Waals surface area (Å²) in [4.78, 5) is 13.7. The molecule has 16 heavy (non-hydrogen) atoms. The Morgan fingerprint density at radius 2 is 2.19 bits per heavy atom. The van der Waals surface area contributed by atoms with Crippen molar-refractivity contribution in [1.29, 1.82) is 0 Å². The minimum absolute atomic E-state index is 0.522. The number of carbonyl (C=O) groups is 1. The molecule has 1 aliphatic heterocycles. The third kappa shape index (κ3) is 1.75. The molecule has 0 amide bonds. The van der Waals surface area contributed by atoms with Gasteiger partial charge in [-0.2, -0.15) is 0 Å². The van der Waals surface area contributed by atoms with E-state index < -0.39 is 11.5 Å². The molecule has 2 fully saturated rings. The minimum Gasteiger partial charge on any atom is -0.480 e. The fraction of sp³-hybridized carbons (Fsp3) is 0.923. The molecule has 0 radical (unpaired) electrons. The Kier molecular flexibility index (Phi) is 3.24. The maximum absolute atomic E-state index is 11.4. The maximum atomic E-state index is 11.4. The lowest BCUT2D eigenvalue weighted by Crippen LogP contribution is -2.53. The van der Waals surface area contributed by atoms with Crippen LogP contribution >= 0.6 is 0 Å². The highest BCUT2D eigenvalue weighted by Gasteiger charge is 2.48. The smallest absolute Gasteiger partial charge is 0.323 e. The highest BCUT2D eigenvalue weighted by Crippen LogP contribution is 2.40. The Morgan fingerprint density at radius 1 is 1.44 bits per heavy atom. The van der Waals surface area contributed by atoms with Crippen molar-refractivity contribution in [2.24, 2.45) is 5.92 Å². The number of carboxylic acid groups (broad SMARTS) is 1. The van der Waals surface area contributed by atoms with Crippen LogP contribution in [-0.2, 0) is 4.79 Å². The van der Waals surface area contributed by atoms with Gasteiger partial charge in [0.05, 0.1) is 0 Å².